The van der Waals surface area contributed by atoms with Crippen molar-refractivity contribution in [3.63, 3.8) is 0 Å². The molecule has 3 N–H and O–H groups in total. The van der Waals surface area contributed by atoms with Gasteiger partial charge < -0.3 is 10.2 Å². The molecule has 8 nitrogen and oxygen atoms in total. The van der Waals surface area contributed by atoms with Gasteiger partial charge in [0.15, 0.2) is 0 Å². The standard InChI is InChI=1S/C24H37N5O3S/c30-24(26-20-8-9-21-19(15-20)17-25-27-21)18-7-10-22(28-11-3-1-4-12-28)23(16-18)33(31,32)29-13-5-2-6-14-29/h7,10,16,19-21,25,27H,1-6,8-9,11-15,17H2,(H,26,30). The maximum absolute atomic E-state index is 13.7. The number of anilines is 1. The normalized spacial score (nSPS) is 29.0. The van der Waals surface area contributed by atoms with Crippen molar-refractivity contribution in [3.8, 4) is 0 Å². The summed E-state index contributed by atoms with van der Waals surface area (Å²) in [4.78, 5) is 15.7. The summed E-state index contributed by atoms with van der Waals surface area (Å²) < 4.78 is 29.0. The number of fused-ring (bicyclic) bond motifs is 1. The number of benzene rings is 1. The molecule has 4 fully saturated rings. The number of sulfonamides is 1. The number of nitrogens with zero attached hydrogens (tertiary/aromatic N) is 2. The topological polar surface area (TPSA) is 93.8 Å². The molecule has 5 rings (SSSR count). The van der Waals surface area contributed by atoms with Gasteiger partial charge in [-0.3, -0.25) is 15.6 Å². The van der Waals surface area contributed by atoms with Crippen molar-refractivity contribution in [2.24, 2.45) is 5.92 Å². The monoisotopic (exact) mass is 475 g/mol. The third-order valence-corrected chi connectivity index (χ3v) is 9.75. The number of carbonyl (C=O) groups excluding carboxylic acids is 1. The Morgan fingerprint density at radius 3 is 2.45 bits per heavy atom. The highest BCUT2D eigenvalue weighted by Gasteiger charge is 2.35. The molecule has 0 radical (unpaired) electrons. The Balaban J connectivity index is 1.40. The van der Waals surface area contributed by atoms with Gasteiger partial charge in [-0.15, -0.1) is 0 Å². The zero-order valence-electron chi connectivity index (χ0n) is 19.4. The molecule has 1 amide bonds. The van der Waals surface area contributed by atoms with E-state index in [1.165, 1.54) is 6.42 Å². The van der Waals surface area contributed by atoms with Crippen LogP contribution in [0.4, 0.5) is 5.69 Å². The van der Waals surface area contributed by atoms with Gasteiger partial charge in [-0.1, -0.05) is 6.42 Å². The van der Waals surface area contributed by atoms with E-state index in [-0.39, 0.29) is 11.9 Å². The molecule has 3 heterocycles. The first kappa shape index (κ1) is 23.1. The van der Waals surface area contributed by atoms with E-state index < -0.39 is 10.0 Å². The number of hydrogen-bond donors (Lipinski definition) is 3. The Hall–Kier alpha value is -1.68. The first-order chi connectivity index (χ1) is 16.0. The molecule has 1 aromatic rings. The van der Waals surface area contributed by atoms with Crippen LogP contribution >= 0.6 is 0 Å². The van der Waals surface area contributed by atoms with Crippen molar-refractivity contribution in [1.82, 2.24) is 20.5 Å². The summed E-state index contributed by atoms with van der Waals surface area (Å²) in [6.45, 7) is 3.77. The molecular formula is C24H37N5O3S. The minimum atomic E-state index is -3.65. The third-order valence-electron chi connectivity index (χ3n) is 7.82. The minimum Gasteiger partial charge on any atom is -0.370 e. The number of hydrogen-bond acceptors (Lipinski definition) is 6. The number of carbonyl (C=O) groups is 1. The van der Waals surface area contributed by atoms with Crippen LogP contribution in [0.1, 0.15) is 68.1 Å². The zero-order chi connectivity index (χ0) is 22.8. The molecule has 1 aromatic carbocycles. The second-order valence-corrected chi connectivity index (χ2v) is 12.0. The Morgan fingerprint density at radius 1 is 0.970 bits per heavy atom. The fourth-order valence-electron chi connectivity index (χ4n) is 5.90. The molecule has 3 saturated heterocycles. The van der Waals surface area contributed by atoms with E-state index in [0.29, 0.717) is 35.5 Å². The summed E-state index contributed by atoms with van der Waals surface area (Å²) in [5.74, 6) is 0.359. The fraction of sp³-hybridized carbons (Fsp3) is 0.708. The lowest BCUT2D eigenvalue weighted by atomic mass is 9.83. The number of hydrazine groups is 1. The summed E-state index contributed by atoms with van der Waals surface area (Å²) >= 11 is 0. The van der Waals surface area contributed by atoms with E-state index in [1.54, 1.807) is 16.4 Å². The average molecular weight is 476 g/mol. The maximum Gasteiger partial charge on any atom is 0.251 e. The quantitative estimate of drug-likeness (QED) is 0.605. The highest BCUT2D eigenvalue weighted by atomic mass is 32.2. The Labute approximate surface area is 197 Å². The molecule has 9 heteroatoms. The molecule has 0 spiro atoms. The zero-order valence-corrected chi connectivity index (χ0v) is 20.2. The van der Waals surface area contributed by atoms with Crippen molar-refractivity contribution >= 4 is 21.6 Å². The van der Waals surface area contributed by atoms with Crippen LogP contribution in [0, 0.1) is 5.92 Å². The molecule has 1 saturated carbocycles. The van der Waals surface area contributed by atoms with Gasteiger partial charge in [0.1, 0.15) is 4.90 Å². The highest BCUT2D eigenvalue weighted by Crippen LogP contribution is 2.33. The first-order valence-corrected chi connectivity index (χ1v) is 14.1. The second kappa shape index (κ2) is 9.90. The number of piperidine rings is 2. The van der Waals surface area contributed by atoms with Crippen molar-refractivity contribution in [2.75, 3.05) is 37.6 Å². The lowest BCUT2D eigenvalue weighted by Gasteiger charge is -2.33. The molecule has 182 valence electrons. The molecule has 0 aromatic heterocycles. The van der Waals surface area contributed by atoms with Crippen molar-refractivity contribution < 1.29 is 13.2 Å². The minimum absolute atomic E-state index is 0.129. The summed E-state index contributed by atoms with van der Waals surface area (Å²) in [5.41, 5.74) is 7.73. The average Bonchev–Trinajstić information content (AvgIpc) is 3.33. The van der Waals surface area contributed by atoms with Gasteiger partial charge in [-0.25, -0.2) is 8.42 Å². The van der Waals surface area contributed by atoms with Crippen molar-refractivity contribution in [2.45, 2.75) is 74.8 Å². The Bertz CT molecular complexity index is 957. The van der Waals surface area contributed by atoms with E-state index >= 15 is 0 Å². The van der Waals surface area contributed by atoms with Crippen LogP contribution in [-0.4, -0.2) is 63.4 Å². The van der Waals surface area contributed by atoms with Crippen LogP contribution in [0.5, 0.6) is 0 Å². The Morgan fingerprint density at radius 2 is 1.70 bits per heavy atom. The van der Waals surface area contributed by atoms with Crippen LogP contribution in [0.2, 0.25) is 0 Å². The van der Waals surface area contributed by atoms with Gasteiger partial charge in [0, 0.05) is 50.4 Å². The second-order valence-electron chi connectivity index (χ2n) is 10.1. The van der Waals surface area contributed by atoms with E-state index in [9.17, 15) is 13.2 Å². The van der Waals surface area contributed by atoms with Crippen LogP contribution in [-0.2, 0) is 10.0 Å². The number of nitrogens with one attached hydrogen (secondary N) is 3. The molecule has 3 atom stereocenters. The molecule has 33 heavy (non-hydrogen) atoms. The molecule has 3 unspecified atom stereocenters. The molecule has 3 aliphatic heterocycles. The lowest BCUT2D eigenvalue weighted by Crippen LogP contribution is -2.44. The van der Waals surface area contributed by atoms with Gasteiger partial charge in [-0.2, -0.15) is 4.31 Å². The van der Waals surface area contributed by atoms with Gasteiger partial charge in [0.05, 0.1) is 5.69 Å². The van der Waals surface area contributed by atoms with Gasteiger partial charge in [0.2, 0.25) is 10.0 Å². The Kier molecular flexibility index (Phi) is 6.92. The highest BCUT2D eigenvalue weighted by molar-refractivity contribution is 7.89. The molecular weight excluding hydrogens is 438 g/mol. The maximum atomic E-state index is 13.7. The summed E-state index contributed by atoms with van der Waals surface area (Å²) in [6, 6.07) is 5.91. The third kappa shape index (κ3) is 4.92. The summed E-state index contributed by atoms with van der Waals surface area (Å²) in [7, 11) is -3.65. The largest absolute Gasteiger partial charge is 0.370 e. The van der Waals surface area contributed by atoms with Crippen molar-refractivity contribution in [3.05, 3.63) is 23.8 Å². The van der Waals surface area contributed by atoms with Gasteiger partial charge in [-0.05, 0) is 75.5 Å². The van der Waals surface area contributed by atoms with Crippen LogP contribution < -0.4 is 21.1 Å². The fourth-order valence-corrected chi connectivity index (χ4v) is 7.66. The predicted octanol–water partition coefficient (Wildman–Crippen LogP) is 2.23. The van der Waals surface area contributed by atoms with Crippen LogP contribution in [0.3, 0.4) is 0 Å². The molecule has 1 aliphatic carbocycles. The first-order valence-electron chi connectivity index (χ1n) is 12.7. The van der Waals surface area contributed by atoms with Crippen LogP contribution in [0.25, 0.3) is 0 Å². The molecule has 0 bridgehead atoms. The van der Waals surface area contributed by atoms with Crippen molar-refractivity contribution in [1.29, 1.82) is 0 Å². The van der Waals surface area contributed by atoms with E-state index in [4.69, 9.17) is 0 Å². The van der Waals surface area contributed by atoms with E-state index in [0.717, 1.165) is 76.7 Å². The van der Waals surface area contributed by atoms with E-state index in [1.807, 2.05) is 6.07 Å². The van der Waals surface area contributed by atoms with Crippen LogP contribution in [0.15, 0.2) is 23.1 Å². The summed E-state index contributed by atoms with van der Waals surface area (Å²) in [6.07, 6.45) is 9.09. The smallest absolute Gasteiger partial charge is 0.251 e. The van der Waals surface area contributed by atoms with Gasteiger partial charge >= 0.3 is 0 Å². The molecule has 4 aliphatic rings. The predicted molar refractivity (Wildman–Crippen MR) is 129 cm³/mol. The van der Waals surface area contributed by atoms with Gasteiger partial charge in [0.25, 0.3) is 5.91 Å². The number of amides is 1. The van der Waals surface area contributed by atoms with E-state index in [2.05, 4.69) is 21.1 Å². The SMILES string of the molecule is O=C(NC1CCC2NNCC2C1)c1ccc(N2CCCCC2)c(S(=O)(=O)N2CCCCC2)c1. The number of rotatable bonds is 5. The lowest BCUT2D eigenvalue weighted by molar-refractivity contribution is 0.0918. The summed E-state index contributed by atoms with van der Waals surface area (Å²) in [5, 5.41) is 3.19.